The van der Waals surface area contributed by atoms with Gasteiger partial charge in [0.25, 0.3) is 0 Å². The predicted molar refractivity (Wildman–Crippen MR) is 65.4 cm³/mol. The number of hydrogen-bond donors (Lipinski definition) is 1. The van der Waals surface area contributed by atoms with Gasteiger partial charge in [-0.1, -0.05) is 13.8 Å². The van der Waals surface area contributed by atoms with Crippen LogP contribution in [0.2, 0.25) is 0 Å². The van der Waals surface area contributed by atoms with Gasteiger partial charge in [-0.15, -0.1) is 0 Å². The van der Waals surface area contributed by atoms with E-state index in [9.17, 15) is 5.11 Å². The summed E-state index contributed by atoms with van der Waals surface area (Å²) in [6.07, 6.45) is 5.52. The third-order valence-corrected chi connectivity index (χ3v) is 3.74. The van der Waals surface area contributed by atoms with Crippen molar-refractivity contribution in [2.45, 2.75) is 44.8 Å². The molecule has 1 N–H and O–H groups in total. The molecule has 0 aromatic carbocycles. The minimum absolute atomic E-state index is 0.142. The molecule has 3 nitrogen and oxygen atoms in total. The van der Waals surface area contributed by atoms with E-state index in [1.807, 2.05) is 20.2 Å². The summed E-state index contributed by atoms with van der Waals surface area (Å²) in [5.74, 6) is 0. The lowest BCUT2D eigenvalue weighted by molar-refractivity contribution is -0.0126. The van der Waals surface area contributed by atoms with Crippen molar-refractivity contribution in [2.24, 2.45) is 0 Å². The zero-order chi connectivity index (χ0) is 12.2. The molecule has 1 atom stereocenters. The van der Waals surface area contributed by atoms with Crippen LogP contribution in [0.15, 0.2) is 23.0 Å². The normalized spacial score (nSPS) is 14.4. The molecule has 1 unspecified atom stereocenters. The fraction of sp³-hybridized carbons (Fsp3) is 0.692. The maximum Gasteiger partial charge on any atom is 0.0935 e. The number of nitrogens with zero attached hydrogens (tertiary/aromatic N) is 1. The number of aliphatic hydroxyl groups excluding tert-OH is 1. The van der Waals surface area contributed by atoms with Gasteiger partial charge in [-0.05, 0) is 38.6 Å². The van der Waals surface area contributed by atoms with Gasteiger partial charge in [0.05, 0.1) is 18.6 Å². The highest BCUT2D eigenvalue weighted by molar-refractivity contribution is 5.09. The number of furan rings is 1. The molecule has 1 rings (SSSR count). The maximum atomic E-state index is 10.4. The molecule has 0 saturated carbocycles. The Balaban J connectivity index is 2.78. The van der Waals surface area contributed by atoms with Gasteiger partial charge in [0, 0.05) is 12.0 Å². The van der Waals surface area contributed by atoms with Gasteiger partial charge in [0.15, 0.2) is 0 Å². The second kappa shape index (κ2) is 5.51. The van der Waals surface area contributed by atoms with Gasteiger partial charge in [-0.3, -0.25) is 0 Å². The quantitative estimate of drug-likeness (QED) is 0.807. The van der Waals surface area contributed by atoms with Crippen LogP contribution in [0.1, 0.15) is 32.3 Å². The summed E-state index contributed by atoms with van der Waals surface area (Å²) in [6, 6.07) is 1.91. The minimum Gasteiger partial charge on any atom is -0.472 e. The summed E-state index contributed by atoms with van der Waals surface area (Å²) in [5, 5.41) is 10.4. The zero-order valence-electron chi connectivity index (χ0n) is 10.7. The lowest BCUT2D eigenvalue weighted by Crippen LogP contribution is -2.53. The summed E-state index contributed by atoms with van der Waals surface area (Å²) < 4.78 is 5.03. The summed E-state index contributed by atoms with van der Waals surface area (Å²) >= 11 is 0. The van der Waals surface area contributed by atoms with Crippen molar-refractivity contribution in [3.63, 3.8) is 0 Å². The van der Waals surface area contributed by atoms with Gasteiger partial charge < -0.3 is 14.4 Å². The van der Waals surface area contributed by atoms with Crippen LogP contribution in [0.25, 0.3) is 0 Å². The fourth-order valence-electron chi connectivity index (χ4n) is 2.47. The van der Waals surface area contributed by atoms with Crippen molar-refractivity contribution in [2.75, 3.05) is 14.1 Å². The highest BCUT2D eigenvalue weighted by atomic mass is 16.3. The monoisotopic (exact) mass is 225 g/mol. The van der Waals surface area contributed by atoms with E-state index in [1.54, 1.807) is 12.5 Å². The highest BCUT2D eigenvalue weighted by Gasteiger charge is 2.36. The largest absolute Gasteiger partial charge is 0.472 e. The van der Waals surface area contributed by atoms with E-state index in [0.29, 0.717) is 6.42 Å². The average Bonchev–Trinajstić information content (AvgIpc) is 2.72. The van der Waals surface area contributed by atoms with Crippen LogP contribution >= 0.6 is 0 Å². The van der Waals surface area contributed by atoms with E-state index in [4.69, 9.17) is 4.42 Å². The Kier molecular flexibility index (Phi) is 4.56. The molecular weight excluding hydrogens is 202 g/mol. The Labute approximate surface area is 98.1 Å². The molecule has 16 heavy (non-hydrogen) atoms. The summed E-state index contributed by atoms with van der Waals surface area (Å²) in [4.78, 5) is 2.14. The van der Waals surface area contributed by atoms with Crippen molar-refractivity contribution >= 4 is 0 Å². The van der Waals surface area contributed by atoms with E-state index in [2.05, 4.69) is 18.7 Å². The smallest absolute Gasteiger partial charge is 0.0935 e. The molecule has 92 valence electrons. The molecule has 0 spiro atoms. The fourth-order valence-corrected chi connectivity index (χ4v) is 2.47. The Morgan fingerprint density at radius 3 is 2.38 bits per heavy atom. The van der Waals surface area contributed by atoms with Crippen molar-refractivity contribution in [3.8, 4) is 0 Å². The van der Waals surface area contributed by atoms with Crippen molar-refractivity contribution in [1.82, 2.24) is 4.90 Å². The van der Waals surface area contributed by atoms with Crippen LogP contribution in [-0.4, -0.2) is 35.7 Å². The lowest BCUT2D eigenvalue weighted by atomic mass is 9.82. The Bertz CT molecular complexity index is 289. The Hall–Kier alpha value is -0.800. The van der Waals surface area contributed by atoms with Gasteiger partial charge >= 0.3 is 0 Å². The van der Waals surface area contributed by atoms with E-state index in [0.717, 1.165) is 18.4 Å². The van der Waals surface area contributed by atoms with Crippen LogP contribution in [-0.2, 0) is 6.42 Å². The first kappa shape index (κ1) is 13.3. The lowest BCUT2D eigenvalue weighted by Gasteiger charge is -2.42. The molecule has 0 saturated heterocycles. The van der Waals surface area contributed by atoms with Gasteiger partial charge in [0.1, 0.15) is 0 Å². The predicted octanol–water partition coefficient (Wildman–Crippen LogP) is 2.30. The molecule has 1 heterocycles. The molecule has 1 aromatic heterocycles. The van der Waals surface area contributed by atoms with Crippen LogP contribution < -0.4 is 0 Å². The molecule has 0 aliphatic carbocycles. The third kappa shape index (κ3) is 2.47. The second-order valence-electron chi connectivity index (χ2n) is 4.56. The van der Waals surface area contributed by atoms with Gasteiger partial charge in [0.2, 0.25) is 0 Å². The standard InChI is InChI=1S/C13H23NO2/c1-5-13(6-2,14(3)4)12(15)9-11-7-8-16-10-11/h7-8,10,12,15H,5-6,9H2,1-4H3. The van der Waals surface area contributed by atoms with Crippen LogP contribution in [0.5, 0.6) is 0 Å². The third-order valence-electron chi connectivity index (χ3n) is 3.74. The molecule has 0 aliphatic heterocycles. The van der Waals surface area contributed by atoms with Crippen LogP contribution in [0.4, 0.5) is 0 Å². The van der Waals surface area contributed by atoms with Crippen LogP contribution in [0, 0.1) is 0 Å². The molecule has 0 amide bonds. The number of likely N-dealkylation sites (N-methyl/N-ethyl adjacent to an activating group) is 1. The van der Waals surface area contributed by atoms with E-state index in [-0.39, 0.29) is 11.6 Å². The molecule has 3 heteroatoms. The Morgan fingerprint density at radius 1 is 1.38 bits per heavy atom. The highest BCUT2D eigenvalue weighted by Crippen LogP contribution is 2.27. The van der Waals surface area contributed by atoms with Crippen LogP contribution in [0.3, 0.4) is 0 Å². The van der Waals surface area contributed by atoms with Crippen molar-refractivity contribution < 1.29 is 9.52 Å². The molecule has 1 aromatic rings. The first-order valence-electron chi connectivity index (χ1n) is 5.93. The van der Waals surface area contributed by atoms with Gasteiger partial charge in [-0.2, -0.15) is 0 Å². The second-order valence-corrected chi connectivity index (χ2v) is 4.56. The van der Waals surface area contributed by atoms with Crippen molar-refractivity contribution in [3.05, 3.63) is 24.2 Å². The SMILES string of the molecule is CCC(CC)(C(O)Cc1ccoc1)N(C)C. The van der Waals surface area contributed by atoms with Gasteiger partial charge in [-0.25, -0.2) is 0 Å². The molecular formula is C13H23NO2. The minimum atomic E-state index is -0.366. The Morgan fingerprint density at radius 2 is 2.00 bits per heavy atom. The first-order valence-corrected chi connectivity index (χ1v) is 5.93. The average molecular weight is 225 g/mol. The number of hydrogen-bond acceptors (Lipinski definition) is 3. The summed E-state index contributed by atoms with van der Waals surface area (Å²) in [5.41, 5.74) is 0.915. The zero-order valence-corrected chi connectivity index (χ0v) is 10.7. The maximum absolute atomic E-state index is 10.4. The molecule has 0 fully saturated rings. The molecule has 0 aliphatic rings. The number of rotatable bonds is 6. The van der Waals surface area contributed by atoms with Crippen molar-refractivity contribution in [1.29, 1.82) is 0 Å². The van der Waals surface area contributed by atoms with E-state index >= 15 is 0 Å². The first-order chi connectivity index (χ1) is 7.56. The summed E-state index contributed by atoms with van der Waals surface area (Å²) in [6.45, 7) is 4.25. The van der Waals surface area contributed by atoms with E-state index in [1.165, 1.54) is 0 Å². The van der Waals surface area contributed by atoms with E-state index < -0.39 is 0 Å². The molecule has 0 radical (unpaired) electrons. The number of aliphatic hydroxyl groups is 1. The summed E-state index contributed by atoms with van der Waals surface area (Å²) in [7, 11) is 4.07. The molecule has 0 bridgehead atoms. The topological polar surface area (TPSA) is 36.6 Å².